The predicted octanol–water partition coefficient (Wildman–Crippen LogP) is 2.02. The van der Waals surface area contributed by atoms with Crippen molar-refractivity contribution in [1.29, 1.82) is 0 Å². The van der Waals surface area contributed by atoms with E-state index in [9.17, 15) is 9.18 Å². The van der Waals surface area contributed by atoms with Gasteiger partial charge >= 0.3 is 0 Å². The Labute approximate surface area is 122 Å². The fraction of sp³-hybridized carbons (Fsp3) is 0.267. The zero-order chi connectivity index (χ0) is 15.1. The first-order chi connectivity index (χ1) is 10.2. The first-order valence-electron chi connectivity index (χ1n) is 6.78. The van der Waals surface area contributed by atoms with Gasteiger partial charge in [0.25, 0.3) is 5.91 Å². The van der Waals surface area contributed by atoms with Gasteiger partial charge in [0, 0.05) is 13.1 Å². The Balaban J connectivity index is 1.90. The number of nitrogens with zero attached hydrogens (tertiary/aromatic N) is 2. The molecule has 0 aliphatic rings. The summed E-state index contributed by atoms with van der Waals surface area (Å²) in [5.41, 5.74) is 0.812. The minimum absolute atomic E-state index is 0.238. The molecule has 0 aliphatic carbocycles. The highest BCUT2D eigenvalue weighted by atomic mass is 19.1. The maximum absolute atomic E-state index is 13.4. The van der Waals surface area contributed by atoms with E-state index in [1.807, 2.05) is 6.92 Å². The fourth-order valence-corrected chi connectivity index (χ4v) is 1.84. The zero-order valence-electron chi connectivity index (χ0n) is 11.8. The summed E-state index contributed by atoms with van der Waals surface area (Å²) in [7, 11) is 0. The maximum atomic E-state index is 13.4. The molecule has 2 rings (SSSR count). The van der Waals surface area contributed by atoms with Crippen LogP contribution < -0.4 is 10.6 Å². The Hall–Kier alpha value is -2.50. The third-order valence-electron chi connectivity index (χ3n) is 2.86. The van der Waals surface area contributed by atoms with Gasteiger partial charge in [-0.05, 0) is 25.0 Å². The molecule has 0 fully saturated rings. The second-order valence-electron chi connectivity index (χ2n) is 4.42. The Kier molecular flexibility index (Phi) is 5.20. The van der Waals surface area contributed by atoms with Crippen LogP contribution in [0.3, 0.4) is 0 Å². The number of aromatic nitrogens is 2. The summed E-state index contributed by atoms with van der Waals surface area (Å²) in [4.78, 5) is 20.0. The summed E-state index contributed by atoms with van der Waals surface area (Å²) in [5.74, 6) is -0.0291. The minimum Gasteiger partial charge on any atom is -0.369 e. The van der Waals surface area contributed by atoms with Crippen LogP contribution in [0.5, 0.6) is 0 Å². The standard InChI is InChI=1S/C15H17FN4O/c1-2-18-14-10-17-9-13(20-14)15(21)19-8-7-11-5-3-4-6-12(11)16/h3-6,9-10H,2,7-8H2,1H3,(H,18,20)(H,19,21). The van der Waals surface area contributed by atoms with E-state index in [0.717, 1.165) is 0 Å². The summed E-state index contributed by atoms with van der Waals surface area (Å²) in [6.45, 7) is 2.97. The predicted molar refractivity (Wildman–Crippen MR) is 78.6 cm³/mol. The van der Waals surface area contributed by atoms with Gasteiger partial charge in [0.2, 0.25) is 0 Å². The summed E-state index contributed by atoms with van der Waals surface area (Å²) < 4.78 is 13.4. The molecule has 2 aromatic rings. The number of hydrogen-bond acceptors (Lipinski definition) is 4. The molecule has 0 saturated heterocycles. The van der Waals surface area contributed by atoms with Crippen LogP contribution in [0.1, 0.15) is 23.0 Å². The molecule has 0 bridgehead atoms. The number of amides is 1. The number of benzene rings is 1. The topological polar surface area (TPSA) is 66.9 Å². The molecule has 21 heavy (non-hydrogen) atoms. The van der Waals surface area contributed by atoms with E-state index in [2.05, 4.69) is 20.6 Å². The average Bonchev–Trinajstić information content (AvgIpc) is 2.50. The normalized spacial score (nSPS) is 10.2. The first-order valence-corrected chi connectivity index (χ1v) is 6.78. The molecule has 1 aromatic heterocycles. The largest absolute Gasteiger partial charge is 0.369 e. The fourth-order valence-electron chi connectivity index (χ4n) is 1.84. The lowest BCUT2D eigenvalue weighted by molar-refractivity contribution is 0.0948. The van der Waals surface area contributed by atoms with E-state index < -0.39 is 0 Å². The lowest BCUT2D eigenvalue weighted by Gasteiger charge is -2.07. The van der Waals surface area contributed by atoms with E-state index in [1.54, 1.807) is 24.4 Å². The van der Waals surface area contributed by atoms with Gasteiger partial charge in [0.05, 0.1) is 12.4 Å². The molecule has 5 nitrogen and oxygen atoms in total. The second-order valence-corrected chi connectivity index (χ2v) is 4.42. The van der Waals surface area contributed by atoms with Gasteiger partial charge in [-0.3, -0.25) is 9.78 Å². The van der Waals surface area contributed by atoms with Crippen LogP contribution in [0.2, 0.25) is 0 Å². The number of halogens is 1. The summed E-state index contributed by atoms with van der Waals surface area (Å²) >= 11 is 0. The van der Waals surface area contributed by atoms with Crippen molar-refractivity contribution >= 4 is 11.7 Å². The van der Waals surface area contributed by atoms with Crippen LogP contribution in [0, 0.1) is 5.82 Å². The van der Waals surface area contributed by atoms with Crippen molar-refractivity contribution in [1.82, 2.24) is 15.3 Å². The highest BCUT2D eigenvalue weighted by molar-refractivity contribution is 5.92. The zero-order valence-corrected chi connectivity index (χ0v) is 11.8. The Morgan fingerprint density at radius 3 is 2.86 bits per heavy atom. The van der Waals surface area contributed by atoms with E-state index in [1.165, 1.54) is 12.3 Å². The molecule has 1 aromatic carbocycles. The number of rotatable bonds is 6. The van der Waals surface area contributed by atoms with Gasteiger partial charge in [0.1, 0.15) is 17.3 Å². The lowest BCUT2D eigenvalue weighted by atomic mass is 10.1. The lowest BCUT2D eigenvalue weighted by Crippen LogP contribution is -2.27. The molecule has 1 amide bonds. The smallest absolute Gasteiger partial charge is 0.271 e. The van der Waals surface area contributed by atoms with Crippen molar-refractivity contribution in [2.45, 2.75) is 13.3 Å². The first kappa shape index (κ1) is 14.9. The minimum atomic E-state index is -0.321. The van der Waals surface area contributed by atoms with Gasteiger partial charge in [-0.1, -0.05) is 18.2 Å². The molecular weight excluding hydrogens is 271 g/mol. The van der Waals surface area contributed by atoms with Crippen molar-refractivity contribution in [3.63, 3.8) is 0 Å². The molecule has 0 atom stereocenters. The van der Waals surface area contributed by atoms with E-state index in [0.29, 0.717) is 30.9 Å². The van der Waals surface area contributed by atoms with Gasteiger partial charge < -0.3 is 10.6 Å². The second kappa shape index (κ2) is 7.33. The quantitative estimate of drug-likeness (QED) is 0.853. The van der Waals surface area contributed by atoms with Crippen molar-refractivity contribution < 1.29 is 9.18 Å². The van der Waals surface area contributed by atoms with E-state index >= 15 is 0 Å². The summed E-state index contributed by atoms with van der Waals surface area (Å²) in [6.07, 6.45) is 3.39. The van der Waals surface area contributed by atoms with E-state index in [4.69, 9.17) is 0 Å². The van der Waals surface area contributed by atoms with Gasteiger partial charge in [-0.15, -0.1) is 0 Å². The average molecular weight is 288 g/mol. The number of hydrogen-bond donors (Lipinski definition) is 2. The Morgan fingerprint density at radius 2 is 2.10 bits per heavy atom. The molecule has 6 heteroatoms. The van der Waals surface area contributed by atoms with Crippen molar-refractivity contribution in [2.75, 3.05) is 18.4 Å². The van der Waals surface area contributed by atoms with Gasteiger partial charge in [0.15, 0.2) is 0 Å². The molecular formula is C15H17FN4O. The summed E-state index contributed by atoms with van der Waals surface area (Å²) in [5, 5.41) is 5.70. The van der Waals surface area contributed by atoms with Crippen molar-refractivity contribution in [3.8, 4) is 0 Å². The molecule has 1 heterocycles. The maximum Gasteiger partial charge on any atom is 0.271 e. The summed E-state index contributed by atoms with van der Waals surface area (Å²) in [6, 6.07) is 6.51. The highest BCUT2D eigenvalue weighted by Gasteiger charge is 2.08. The number of carbonyl (C=O) groups excluding carboxylic acids is 1. The Bertz CT molecular complexity index is 618. The van der Waals surface area contributed by atoms with E-state index in [-0.39, 0.29) is 17.4 Å². The van der Waals surface area contributed by atoms with Crippen LogP contribution in [0.15, 0.2) is 36.7 Å². The molecule has 110 valence electrons. The highest BCUT2D eigenvalue weighted by Crippen LogP contribution is 2.06. The third kappa shape index (κ3) is 4.24. The van der Waals surface area contributed by atoms with Crippen LogP contribution in [0.4, 0.5) is 10.2 Å². The van der Waals surface area contributed by atoms with Crippen LogP contribution >= 0.6 is 0 Å². The van der Waals surface area contributed by atoms with Gasteiger partial charge in [-0.2, -0.15) is 0 Å². The number of nitrogens with one attached hydrogen (secondary N) is 2. The SMILES string of the molecule is CCNc1cncc(C(=O)NCCc2ccccc2F)n1. The van der Waals surface area contributed by atoms with Crippen molar-refractivity contribution in [3.05, 3.63) is 53.7 Å². The molecule has 2 N–H and O–H groups in total. The van der Waals surface area contributed by atoms with Crippen molar-refractivity contribution in [2.24, 2.45) is 0 Å². The molecule has 0 unspecified atom stereocenters. The molecule has 0 aliphatic heterocycles. The van der Waals surface area contributed by atoms with Crippen LogP contribution in [-0.2, 0) is 6.42 Å². The van der Waals surface area contributed by atoms with Crippen LogP contribution in [-0.4, -0.2) is 29.0 Å². The monoisotopic (exact) mass is 288 g/mol. The third-order valence-corrected chi connectivity index (χ3v) is 2.86. The number of anilines is 1. The number of carbonyl (C=O) groups is 1. The van der Waals surface area contributed by atoms with Crippen LogP contribution in [0.25, 0.3) is 0 Å². The molecule has 0 spiro atoms. The molecule has 0 radical (unpaired) electrons. The van der Waals surface area contributed by atoms with Gasteiger partial charge in [-0.25, -0.2) is 9.37 Å². The Morgan fingerprint density at radius 1 is 1.29 bits per heavy atom. The molecule has 0 saturated carbocycles.